The van der Waals surface area contributed by atoms with Crippen molar-refractivity contribution in [1.82, 2.24) is 0 Å². The second-order valence-electron chi connectivity index (χ2n) is 0.492. The van der Waals surface area contributed by atoms with Crippen LogP contribution in [0.2, 0.25) is 0 Å². The van der Waals surface area contributed by atoms with Gasteiger partial charge in [-0.15, -0.1) is 0 Å². The molecule has 2 radical (unpaired) electrons. The number of carbonyl (C=O) groups excluding carboxylic acids is 1. The molecule has 0 atom stereocenters. The number of hydrogen-bond acceptors (Lipinski definition) is 2. The normalized spacial score (nSPS) is 4.17. The monoisotopic (exact) mass is 308 g/mol. The quantitative estimate of drug-likeness (QED) is 0.420. The third-order valence-corrected chi connectivity index (χ3v) is 0. The fourth-order valence-electron chi connectivity index (χ4n) is 0. The van der Waals surface area contributed by atoms with Crippen molar-refractivity contribution in [1.29, 1.82) is 0 Å². The van der Waals surface area contributed by atoms with Crippen molar-refractivity contribution in [2.45, 2.75) is 6.92 Å². The Kier molecular flexibility index (Phi) is 26.4. The van der Waals surface area contributed by atoms with Crippen molar-refractivity contribution >= 4 is 33.3 Å². The van der Waals surface area contributed by atoms with Crippen molar-refractivity contribution in [2.24, 2.45) is 0 Å². The van der Waals surface area contributed by atoms with Gasteiger partial charge in [0, 0.05) is 5.97 Å². The van der Waals surface area contributed by atoms with Gasteiger partial charge in [0.2, 0.25) is 0 Å². The zero-order valence-corrected chi connectivity index (χ0v) is 12.6. The van der Waals surface area contributed by atoms with Gasteiger partial charge in [-0.25, -0.2) is 0 Å². The van der Waals surface area contributed by atoms with Crippen LogP contribution in [0.15, 0.2) is 0 Å². The van der Waals surface area contributed by atoms with E-state index in [1.54, 1.807) is 0 Å². The van der Waals surface area contributed by atoms with Gasteiger partial charge in [0.15, 0.2) is 0 Å². The molecule has 4 heteroatoms. The van der Waals surface area contributed by atoms with Crippen LogP contribution in [0.4, 0.5) is 0 Å². The molecule has 0 N–H and O–H groups in total. The first-order valence-corrected chi connectivity index (χ1v) is 0.908. The summed E-state index contributed by atoms with van der Waals surface area (Å²) in [7, 11) is 0. The van der Waals surface area contributed by atoms with Crippen molar-refractivity contribution in [2.75, 3.05) is 0 Å². The summed E-state index contributed by atoms with van der Waals surface area (Å²) in [5.74, 6) is -1.08. The van der Waals surface area contributed by atoms with Gasteiger partial charge in [0.1, 0.15) is 0 Å². The fourth-order valence-corrected chi connectivity index (χ4v) is 0. The first-order valence-electron chi connectivity index (χ1n) is 0.908. The van der Waals surface area contributed by atoms with E-state index >= 15 is 0 Å². The molecule has 0 aliphatic heterocycles. The molecule has 0 spiro atoms. The van der Waals surface area contributed by atoms with Crippen molar-refractivity contribution in [3.8, 4) is 0 Å². The summed E-state index contributed by atoms with van der Waals surface area (Å²) in [6, 6.07) is 0. The number of carbonyl (C=O) groups is 1. The summed E-state index contributed by atoms with van der Waals surface area (Å²) in [5.41, 5.74) is 0. The van der Waals surface area contributed by atoms with Crippen LogP contribution in [-0.2, 0) is 4.79 Å². The van der Waals surface area contributed by atoms with Gasteiger partial charge in [0.05, 0.1) is 0 Å². The molecule has 0 aliphatic rings. The summed E-state index contributed by atoms with van der Waals surface area (Å²) in [4.78, 5) is 8.89. The van der Waals surface area contributed by atoms with Gasteiger partial charge >= 0.3 is 78.7 Å². The van der Waals surface area contributed by atoms with Crippen LogP contribution in [-0.4, -0.2) is 33.3 Å². The van der Waals surface area contributed by atoms with Crippen LogP contribution in [0.25, 0.3) is 0 Å². The average Bonchev–Trinajstić information content (AvgIpc) is 0.811. The van der Waals surface area contributed by atoms with E-state index < -0.39 is 5.97 Å². The molecule has 0 heterocycles. The van der Waals surface area contributed by atoms with E-state index in [1.165, 1.54) is 0 Å². The van der Waals surface area contributed by atoms with Crippen molar-refractivity contribution in [3.63, 3.8) is 0 Å². The molecule has 0 unspecified atom stereocenters. The Hall–Kier alpha value is 2.03. The summed E-state index contributed by atoms with van der Waals surface area (Å²) in [6.07, 6.45) is 0. The molecule has 6 heavy (non-hydrogen) atoms. The second kappa shape index (κ2) is 10.1. The molecule has 0 aromatic rings. The number of aliphatic carboxylic acids is 1. The van der Waals surface area contributed by atoms with E-state index in [4.69, 9.17) is 9.90 Å². The van der Waals surface area contributed by atoms with Gasteiger partial charge in [-0.1, -0.05) is 0 Å². The van der Waals surface area contributed by atoms with E-state index in [0.29, 0.717) is 0 Å². The molecule has 0 saturated carbocycles. The minimum absolute atomic E-state index is 0. The Bertz CT molecular complexity index is 34.5. The van der Waals surface area contributed by atoms with E-state index in [-0.39, 0.29) is 78.7 Å². The van der Waals surface area contributed by atoms with Gasteiger partial charge in [-0.3, -0.25) is 0 Å². The zero-order chi connectivity index (χ0) is 3.58. The third kappa shape index (κ3) is 37.0. The predicted octanol–water partition coefficient (Wildman–Crippen LogP) is -5.16. The van der Waals surface area contributed by atoms with E-state index in [1.807, 2.05) is 0 Å². The molecule has 0 aromatic carbocycles. The molecule has 0 rings (SSSR count). The third-order valence-electron chi connectivity index (χ3n) is 0. The van der Waals surface area contributed by atoms with E-state index in [9.17, 15) is 0 Å². The number of hydrogen-bond donors (Lipinski definition) is 0. The topological polar surface area (TPSA) is 40.1 Å². The zero-order valence-electron chi connectivity index (χ0n) is 4.02. The van der Waals surface area contributed by atoms with Gasteiger partial charge < -0.3 is 9.90 Å². The average molecular weight is 307 g/mol. The molecule has 2 nitrogen and oxygen atoms in total. The molecular formula is C2H5KO2Pb. The molecule has 0 fully saturated rings. The minimum atomic E-state index is -1.08. The molecule has 0 aromatic heterocycles. The Morgan fingerprint density at radius 1 is 1.67 bits per heavy atom. The fraction of sp³-hybridized carbons (Fsp3) is 0.500. The van der Waals surface area contributed by atoms with E-state index in [0.717, 1.165) is 6.92 Å². The molecular weight excluding hydrogens is 302 g/mol. The first kappa shape index (κ1) is 15.7. The molecule has 0 aliphatic carbocycles. The van der Waals surface area contributed by atoms with Crippen LogP contribution < -0.4 is 56.5 Å². The van der Waals surface area contributed by atoms with E-state index in [2.05, 4.69) is 0 Å². The summed E-state index contributed by atoms with van der Waals surface area (Å²) in [6.45, 7) is 0.972. The van der Waals surface area contributed by atoms with Crippen molar-refractivity contribution < 1.29 is 61.3 Å². The van der Waals surface area contributed by atoms with Crippen molar-refractivity contribution in [3.05, 3.63) is 0 Å². The number of rotatable bonds is 0. The van der Waals surface area contributed by atoms with Crippen LogP contribution >= 0.6 is 0 Å². The Balaban J connectivity index is -0.0000000450. The summed E-state index contributed by atoms with van der Waals surface area (Å²) >= 11 is 0. The SMILES string of the molecule is CC(=O)[O-].[K+].[PbH2]. The standard InChI is InChI=1S/C2H4O2.K.Pb.2H/c1-2(3)4;;;;/h1H3,(H,3,4);;;;/q;+1;;;/p-1. The second-order valence-corrected chi connectivity index (χ2v) is 0.492. The molecule has 0 bridgehead atoms. The Labute approximate surface area is 99.3 Å². The van der Waals surface area contributed by atoms with Crippen LogP contribution in [0.1, 0.15) is 6.92 Å². The Morgan fingerprint density at radius 3 is 1.67 bits per heavy atom. The number of carboxylic acids is 1. The molecule has 0 amide bonds. The first-order chi connectivity index (χ1) is 1.73. The predicted molar refractivity (Wildman–Crippen MR) is 19.2 cm³/mol. The summed E-state index contributed by atoms with van der Waals surface area (Å²) < 4.78 is 0. The van der Waals surface area contributed by atoms with Crippen LogP contribution in [0.3, 0.4) is 0 Å². The molecule has 30 valence electrons. The van der Waals surface area contributed by atoms with Gasteiger partial charge in [-0.2, -0.15) is 0 Å². The van der Waals surface area contributed by atoms with Gasteiger partial charge in [0.25, 0.3) is 0 Å². The van der Waals surface area contributed by atoms with Gasteiger partial charge in [-0.05, 0) is 6.92 Å². The Morgan fingerprint density at radius 2 is 1.67 bits per heavy atom. The molecule has 0 saturated heterocycles. The van der Waals surface area contributed by atoms with Crippen LogP contribution in [0, 0.1) is 0 Å². The van der Waals surface area contributed by atoms with Crippen LogP contribution in [0.5, 0.6) is 0 Å². The maximum atomic E-state index is 8.89. The summed E-state index contributed by atoms with van der Waals surface area (Å²) in [5, 5.41) is 8.89. The number of carboxylic acid groups (broad SMARTS) is 1. The maximum absolute atomic E-state index is 8.89.